The van der Waals surface area contributed by atoms with Crippen LogP contribution in [0.4, 0.5) is 0 Å². The number of hydrogen-bond donors (Lipinski definition) is 1. The number of rotatable bonds is 7. The van der Waals surface area contributed by atoms with Gasteiger partial charge >= 0.3 is 0 Å². The van der Waals surface area contributed by atoms with E-state index in [1.807, 2.05) is 20.8 Å². The fourth-order valence-electron chi connectivity index (χ4n) is 2.22. The summed E-state index contributed by atoms with van der Waals surface area (Å²) >= 11 is 0. The minimum atomic E-state index is -0.263. The molecule has 0 saturated heterocycles. The van der Waals surface area contributed by atoms with Crippen LogP contribution in [0.1, 0.15) is 81.1 Å². The Bertz CT molecular complexity index is 268. The molecule has 0 aliphatic carbocycles. The van der Waals surface area contributed by atoms with Crippen molar-refractivity contribution < 1.29 is 4.79 Å². The van der Waals surface area contributed by atoms with Crippen molar-refractivity contribution >= 4 is 5.78 Å². The summed E-state index contributed by atoms with van der Waals surface area (Å²) in [5, 5.41) is 3.50. The quantitative estimate of drug-likeness (QED) is 0.686. The summed E-state index contributed by atoms with van der Waals surface area (Å²) in [6.45, 7) is 16.9. The fraction of sp³-hybridized carbons (Fsp3) is 0.941. The number of carbonyl (C=O) groups is 1. The van der Waals surface area contributed by atoms with Crippen LogP contribution in [0.3, 0.4) is 0 Å². The summed E-state index contributed by atoms with van der Waals surface area (Å²) < 4.78 is 0. The molecule has 1 atom stereocenters. The van der Waals surface area contributed by atoms with Gasteiger partial charge in [0.1, 0.15) is 0 Å². The molecule has 1 N–H and O–H groups in total. The Labute approximate surface area is 120 Å². The van der Waals surface area contributed by atoms with Crippen LogP contribution in [0.2, 0.25) is 0 Å². The van der Waals surface area contributed by atoms with Crippen LogP contribution in [-0.2, 0) is 4.79 Å². The molecule has 2 heteroatoms. The monoisotopic (exact) mass is 269 g/mol. The molecule has 0 aliphatic heterocycles. The summed E-state index contributed by atoms with van der Waals surface area (Å²) in [6.07, 6.45) is 4.57. The number of ketones is 1. The summed E-state index contributed by atoms with van der Waals surface area (Å²) in [6, 6.07) is -0.00726. The molecule has 0 radical (unpaired) electrons. The van der Waals surface area contributed by atoms with Crippen molar-refractivity contribution in [3.05, 3.63) is 0 Å². The molecule has 0 saturated carbocycles. The van der Waals surface area contributed by atoms with Gasteiger partial charge in [-0.3, -0.25) is 4.79 Å². The highest BCUT2D eigenvalue weighted by Crippen LogP contribution is 2.21. The van der Waals surface area contributed by atoms with Crippen molar-refractivity contribution in [2.75, 3.05) is 0 Å². The summed E-state index contributed by atoms with van der Waals surface area (Å²) in [7, 11) is 0. The molecular formula is C17H35NO. The smallest absolute Gasteiger partial charge is 0.155 e. The zero-order chi connectivity index (χ0) is 15.3. The summed E-state index contributed by atoms with van der Waals surface area (Å²) in [5.41, 5.74) is -0.273. The molecule has 114 valence electrons. The third kappa shape index (κ3) is 9.21. The van der Waals surface area contributed by atoms with Gasteiger partial charge in [0.25, 0.3) is 0 Å². The Hall–Kier alpha value is -0.370. The molecule has 19 heavy (non-hydrogen) atoms. The summed E-state index contributed by atoms with van der Waals surface area (Å²) in [5.74, 6) is 1.10. The first-order chi connectivity index (χ1) is 8.43. The normalized spacial score (nSPS) is 14.8. The molecule has 0 aliphatic rings. The minimum Gasteiger partial charge on any atom is -0.303 e. The van der Waals surface area contributed by atoms with Crippen molar-refractivity contribution in [2.45, 2.75) is 92.7 Å². The first-order valence-electron chi connectivity index (χ1n) is 7.75. The Morgan fingerprint density at radius 2 is 1.42 bits per heavy atom. The molecular weight excluding hydrogens is 234 g/mol. The third-order valence-corrected chi connectivity index (χ3v) is 3.19. The van der Waals surface area contributed by atoms with E-state index in [2.05, 4.69) is 39.9 Å². The Balaban J connectivity index is 4.48. The molecule has 0 aromatic rings. The van der Waals surface area contributed by atoms with Crippen molar-refractivity contribution in [1.29, 1.82) is 0 Å². The zero-order valence-corrected chi connectivity index (χ0v) is 14.4. The molecule has 0 spiro atoms. The van der Waals surface area contributed by atoms with Crippen molar-refractivity contribution in [3.63, 3.8) is 0 Å². The Morgan fingerprint density at radius 3 is 1.79 bits per heavy atom. The van der Waals surface area contributed by atoms with Gasteiger partial charge in [0.05, 0.1) is 6.04 Å². The Morgan fingerprint density at radius 1 is 0.947 bits per heavy atom. The van der Waals surface area contributed by atoms with E-state index < -0.39 is 0 Å². The van der Waals surface area contributed by atoms with Crippen molar-refractivity contribution in [2.24, 2.45) is 11.3 Å². The molecule has 0 amide bonds. The fourth-order valence-corrected chi connectivity index (χ4v) is 2.22. The number of unbranched alkanes of at least 4 members (excludes halogenated alkanes) is 1. The highest BCUT2D eigenvalue weighted by Gasteiger charge is 2.31. The van der Waals surface area contributed by atoms with Crippen LogP contribution in [0.25, 0.3) is 0 Å². The maximum Gasteiger partial charge on any atom is 0.155 e. The lowest BCUT2D eigenvalue weighted by atomic mass is 9.83. The SMILES string of the molecule is CC(C)CCCC[C@H](NC(C)(C)C)C(=O)C(C)(C)C. The Kier molecular flexibility index (Phi) is 7.28. The lowest BCUT2D eigenvalue weighted by Crippen LogP contribution is -2.50. The predicted octanol–water partition coefficient (Wildman–Crippen LogP) is 4.57. The molecule has 2 nitrogen and oxygen atoms in total. The minimum absolute atomic E-state index is 0.00726. The summed E-state index contributed by atoms with van der Waals surface area (Å²) in [4.78, 5) is 12.5. The van der Waals surface area contributed by atoms with E-state index in [1.54, 1.807) is 0 Å². The molecule has 0 bridgehead atoms. The van der Waals surface area contributed by atoms with Crippen LogP contribution >= 0.6 is 0 Å². The van der Waals surface area contributed by atoms with Gasteiger partial charge in [-0.1, -0.05) is 53.9 Å². The van der Waals surface area contributed by atoms with Crippen LogP contribution in [0.15, 0.2) is 0 Å². The first kappa shape index (κ1) is 18.6. The average Bonchev–Trinajstić information content (AvgIpc) is 2.18. The highest BCUT2D eigenvalue weighted by molar-refractivity contribution is 5.88. The lowest BCUT2D eigenvalue weighted by Gasteiger charge is -2.32. The van der Waals surface area contributed by atoms with Gasteiger partial charge < -0.3 is 5.32 Å². The number of hydrogen-bond acceptors (Lipinski definition) is 2. The van der Waals surface area contributed by atoms with E-state index >= 15 is 0 Å². The van der Waals surface area contributed by atoms with E-state index in [4.69, 9.17) is 0 Å². The zero-order valence-electron chi connectivity index (χ0n) is 14.4. The van der Waals surface area contributed by atoms with E-state index in [-0.39, 0.29) is 17.0 Å². The molecule has 0 aromatic carbocycles. The number of Topliss-reactive ketones (excluding diaryl/α,β-unsaturated/α-hetero) is 1. The standard InChI is InChI=1S/C17H35NO/c1-13(2)11-9-10-12-14(18-17(6,7)8)15(19)16(3,4)5/h13-14,18H,9-12H2,1-8H3/t14-/m0/s1. The van der Waals surface area contributed by atoms with Crippen LogP contribution in [0.5, 0.6) is 0 Å². The van der Waals surface area contributed by atoms with Crippen molar-refractivity contribution in [3.8, 4) is 0 Å². The highest BCUT2D eigenvalue weighted by atomic mass is 16.1. The van der Waals surface area contributed by atoms with E-state index in [0.29, 0.717) is 5.78 Å². The van der Waals surface area contributed by atoms with Crippen LogP contribution in [-0.4, -0.2) is 17.4 Å². The lowest BCUT2D eigenvalue weighted by molar-refractivity contribution is -0.129. The van der Waals surface area contributed by atoms with E-state index in [0.717, 1.165) is 18.8 Å². The van der Waals surface area contributed by atoms with Gasteiger partial charge in [0.2, 0.25) is 0 Å². The van der Waals surface area contributed by atoms with Crippen LogP contribution in [0, 0.1) is 11.3 Å². The second-order valence-electron chi connectivity index (χ2n) is 8.24. The van der Waals surface area contributed by atoms with Gasteiger partial charge in [-0.15, -0.1) is 0 Å². The van der Waals surface area contributed by atoms with Crippen molar-refractivity contribution in [1.82, 2.24) is 5.32 Å². The average molecular weight is 269 g/mol. The number of nitrogens with one attached hydrogen (secondary N) is 1. The topological polar surface area (TPSA) is 29.1 Å². The third-order valence-electron chi connectivity index (χ3n) is 3.19. The number of carbonyl (C=O) groups excluding carboxylic acids is 1. The largest absolute Gasteiger partial charge is 0.303 e. The maximum absolute atomic E-state index is 12.5. The van der Waals surface area contributed by atoms with Gasteiger partial charge in [0.15, 0.2) is 5.78 Å². The van der Waals surface area contributed by atoms with E-state index in [9.17, 15) is 4.79 Å². The molecule has 0 rings (SSSR count). The van der Waals surface area contributed by atoms with Gasteiger partial charge in [-0.25, -0.2) is 0 Å². The first-order valence-corrected chi connectivity index (χ1v) is 7.75. The molecule has 0 fully saturated rings. The molecule has 0 aromatic heterocycles. The van der Waals surface area contributed by atoms with Gasteiger partial charge in [-0.05, 0) is 33.1 Å². The molecule has 0 heterocycles. The maximum atomic E-state index is 12.5. The van der Waals surface area contributed by atoms with Crippen LogP contribution < -0.4 is 5.32 Å². The molecule has 0 unspecified atom stereocenters. The second kappa shape index (κ2) is 7.42. The second-order valence-corrected chi connectivity index (χ2v) is 8.24. The van der Waals surface area contributed by atoms with Gasteiger partial charge in [-0.2, -0.15) is 0 Å². The van der Waals surface area contributed by atoms with Gasteiger partial charge in [0, 0.05) is 11.0 Å². The predicted molar refractivity (Wildman–Crippen MR) is 84.4 cm³/mol. The van der Waals surface area contributed by atoms with E-state index in [1.165, 1.54) is 12.8 Å².